The fourth-order valence-electron chi connectivity index (χ4n) is 2.59. The van der Waals surface area contributed by atoms with Gasteiger partial charge in [-0.3, -0.25) is 9.59 Å². The first kappa shape index (κ1) is 24.8. The molecule has 0 bridgehead atoms. The molecule has 0 amide bonds. The average Bonchev–Trinajstić information content (AvgIpc) is 2.66. The number of esters is 2. The number of hydrogen-bond acceptors (Lipinski definition) is 6. The standard InChI is InChI=1S/C21H31NO6S/c1-7-27-19(23)18(20(24)28-8-2)16(15-12-10-9-11-13-15)14-17(26-6)22-29(25)21(3,4)5/h9-13,16,18H,7-8,14H2,1-6H3/b22-17-/t16-,29?/m0/s1. The minimum absolute atomic E-state index is 0.0879. The summed E-state index contributed by atoms with van der Waals surface area (Å²) in [5.41, 5.74) is 0.727. The highest BCUT2D eigenvalue weighted by molar-refractivity contribution is 7.85. The van der Waals surface area contributed by atoms with Crippen LogP contribution in [0, 0.1) is 5.92 Å². The zero-order valence-electron chi connectivity index (χ0n) is 18.0. The van der Waals surface area contributed by atoms with E-state index >= 15 is 0 Å². The van der Waals surface area contributed by atoms with Gasteiger partial charge in [0, 0.05) is 12.3 Å². The van der Waals surface area contributed by atoms with E-state index in [1.807, 2.05) is 30.3 Å². The zero-order chi connectivity index (χ0) is 22.0. The number of ether oxygens (including phenoxy) is 3. The van der Waals surface area contributed by atoms with Gasteiger partial charge in [0.15, 0.2) is 11.8 Å². The lowest BCUT2D eigenvalue weighted by Gasteiger charge is -2.25. The molecule has 0 saturated carbocycles. The SMILES string of the molecule is CCOC(=O)C(C(=O)OCC)[C@@H](C/C(=N/S(=O)C(C)(C)C)OC)c1ccccc1. The van der Waals surface area contributed by atoms with Crippen molar-refractivity contribution >= 4 is 28.8 Å². The van der Waals surface area contributed by atoms with Crippen molar-refractivity contribution in [2.45, 2.75) is 51.7 Å². The van der Waals surface area contributed by atoms with Crippen molar-refractivity contribution in [3.63, 3.8) is 0 Å². The van der Waals surface area contributed by atoms with E-state index in [1.54, 1.807) is 34.6 Å². The maximum atomic E-state index is 12.7. The molecule has 0 N–H and O–H groups in total. The summed E-state index contributed by atoms with van der Waals surface area (Å²) in [6, 6.07) is 9.08. The van der Waals surface area contributed by atoms with E-state index in [-0.39, 0.29) is 25.5 Å². The maximum absolute atomic E-state index is 12.7. The van der Waals surface area contributed by atoms with Gasteiger partial charge in [-0.25, -0.2) is 4.21 Å². The lowest BCUT2D eigenvalue weighted by molar-refractivity contribution is -0.162. The Kier molecular flexibility index (Phi) is 10.0. The third kappa shape index (κ3) is 7.61. The van der Waals surface area contributed by atoms with Crippen LogP contribution in [0.15, 0.2) is 34.7 Å². The predicted molar refractivity (Wildman–Crippen MR) is 113 cm³/mol. The van der Waals surface area contributed by atoms with Gasteiger partial charge in [0.1, 0.15) is 11.0 Å². The van der Waals surface area contributed by atoms with Crippen molar-refractivity contribution in [2.24, 2.45) is 10.3 Å². The van der Waals surface area contributed by atoms with Crippen LogP contribution in [0.5, 0.6) is 0 Å². The summed E-state index contributed by atoms with van der Waals surface area (Å²) in [4.78, 5) is 25.3. The van der Waals surface area contributed by atoms with Crippen LogP contribution in [-0.4, -0.2) is 47.1 Å². The largest absolute Gasteiger partial charge is 0.484 e. The third-order valence-corrected chi connectivity index (χ3v) is 5.47. The van der Waals surface area contributed by atoms with Gasteiger partial charge >= 0.3 is 11.9 Å². The summed E-state index contributed by atoms with van der Waals surface area (Å²) in [6.45, 7) is 9.02. The van der Waals surface area contributed by atoms with Crippen molar-refractivity contribution in [3.8, 4) is 0 Å². The summed E-state index contributed by atoms with van der Waals surface area (Å²) in [6.07, 6.45) is 0.0879. The van der Waals surface area contributed by atoms with Crippen molar-refractivity contribution in [1.82, 2.24) is 0 Å². The Bertz CT molecular complexity index is 708. The minimum atomic E-state index is -1.55. The third-order valence-electron chi connectivity index (χ3n) is 4.05. The molecular formula is C21H31NO6S. The van der Waals surface area contributed by atoms with E-state index in [9.17, 15) is 13.8 Å². The molecule has 8 heteroatoms. The fraction of sp³-hybridized carbons (Fsp3) is 0.571. The van der Waals surface area contributed by atoms with E-state index in [0.29, 0.717) is 0 Å². The normalized spacial score (nSPS) is 14.2. The Balaban J connectivity index is 3.40. The van der Waals surface area contributed by atoms with Crippen LogP contribution in [0.3, 0.4) is 0 Å². The number of nitrogens with zero attached hydrogens (tertiary/aromatic N) is 1. The van der Waals surface area contributed by atoms with Gasteiger partial charge in [-0.2, -0.15) is 4.40 Å². The first-order valence-electron chi connectivity index (χ1n) is 9.57. The lowest BCUT2D eigenvalue weighted by atomic mass is 9.83. The van der Waals surface area contributed by atoms with Crippen molar-refractivity contribution in [3.05, 3.63) is 35.9 Å². The summed E-state index contributed by atoms with van der Waals surface area (Å²) < 4.78 is 31.7. The van der Waals surface area contributed by atoms with Gasteiger partial charge in [-0.15, -0.1) is 0 Å². The van der Waals surface area contributed by atoms with Crippen LogP contribution in [0.1, 0.15) is 52.5 Å². The van der Waals surface area contributed by atoms with Crippen LogP contribution >= 0.6 is 0 Å². The second kappa shape index (κ2) is 11.7. The van der Waals surface area contributed by atoms with Crippen LogP contribution in [0.2, 0.25) is 0 Å². The Labute approximate surface area is 175 Å². The summed E-state index contributed by atoms with van der Waals surface area (Å²) >= 11 is 0. The smallest absolute Gasteiger partial charge is 0.320 e. The van der Waals surface area contributed by atoms with Gasteiger partial charge in [0.2, 0.25) is 0 Å². The molecule has 29 heavy (non-hydrogen) atoms. The number of hydrogen-bond donors (Lipinski definition) is 0. The molecule has 1 aromatic carbocycles. The molecule has 0 aliphatic rings. The van der Waals surface area contributed by atoms with Crippen LogP contribution in [0.4, 0.5) is 0 Å². The van der Waals surface area contributed by atoms with Crippen LogP contribution < -0.4 is 0 Å². The first-order chi connectivity index (χ1) is 13.6. The molecular weight excluding hydrogens is 394 g/mol. The lowest BCUT2D eigenvalue weighted by Crippen LogP contribution is -2.35. The molecule has 7 nitrogen and oxygen atoms in total. The van der Waals surface area contributed by atoms with Crippen molar-refractivity contribution in [1.29, 1.82) is 0 Å². The number of carbonyl (C=O) groups is 2. The monoisotopic (exact) mass is 425 g/mol. The Morgan fingerprint density at radius 3 is 1.97 bits per heavy atom. The highest BCUT2D eigenvalue weighted by Gasteiger charge is 2.39. The van der Waals surface area contributed by atoms with Gasteiger partial charge < -0.3 is 14.2 Å². The van der Waals surface area contributed by atoms with E-state index in [2.05, 4.69) is 4.40 Å². The number of benzene rings is 1. The summed E-state index contributed by atoms with van der Waals surface area (Å²) in [7, 11) is -0.130. The topological polar surface area (TPSA) is 91.3 Å². The highest BCUT2D eigenvalue weighted by atomic mass is 32.2. The molecule has 0 saturated heterocycles. The van der Waals surface area contributed by atoms with Gasteiger partial charge in [0.05, 0.1) is 25.1 Å². The van der Waals surface area contributed by atoms with E-state index in [4.69, 9.17) is 14.2 Å². The fourth-order valence-corrected chi connectivity index (χ4v) is 3.20. The molecule has 0 spiro atoms. The van der Waals surface area contributed by atoms with Gasteiger partial charge in [-0.05, 0) is 40.2 Å². The van der Waals surface area contributed by atoms with Crippen molar-refractivity contribution in [2.75, 3.05) is 20.3 Å². The Morgan fingerprint density at radius 2 is 1.55 bits per heavy atom. The highest BCUT2D eigenvalue weighted by Crippen LogP contribution is 2.31. The minimum Gasteiger partial charge on any atom is -0.484 e. The van der Waals surface area contributed by atoms with Crippen LogP contribution in [-0.2, 0) is 34.8 Å². The van der Waals surface area contributed by atoms with Gasteiger partial charge in [0.25, 0.3) is 0 Å². The average molecular weight is 426 g/mol. The summed E-state index contributed by atoms with van der Waals surface area (Å²) in [5, 5.41) is 0. The predicted octanol–water partition coefficient (Wildman–Crippen LogP) is 3.41. The molecule has 0 fully saturated rings. The first-order valence-corrected chi connectivity index (χ1v) is 10.7. The molecule has 0 radical (unpaired) electrons. The van der Waals surface area contributed by atoms with Crippen LogP contribution in [0.25, 0.3) is 0 Å². The number of carbonyl (C=O) groups excluding carboxylic acids is 2. The molecule has 162 valence electrons. The molecule has 1 unspecified atom stereocenters. The van der Waals surface area contributed by atoms with E-state index in [0.717, 1.165) is 5.56 Å². The molecule has 0 aliphatic heterocycles. The molecule has 2 atom stereocenters. The molecule has 0 heterocycles. The second-order valence-corrected chi connectivity index (χ2v) is 9.16. The molecule has 1 aromatic rings. The van der Waals surface area contributed by atoms with E-state index < -0.39 is 39.5 Å². The Morgan fingerprint density at radius 1 is 1.03 bits per heavy atom. The number of rotatable bonds is 9. The van der Waals surface area contributed by atoms with Gasteiger partial charge in [-0.1, -0.05) is 30.3 Å². The molecule has 1 rings (SSSR count). The number of methoxy groups -OCH3 is 1. The second-order valence-electron chi connectivity index (χ2n) is 7.25. The maximum Gasteiger partial charge on any atom is 0.320 e. The summed E-state index contributed by atoms with van der Waals surface area (Å²) in [5.74, 6) is -3.00. The Hall–Kier alpha value is -2.22. The molecule has 0 aromatic heterocycles. The molecule has 0 aliphatic carbocycles. The van der Waals surface area contributed by atoms with Crippen molar-refractivity contribution < 1.29 is 28.0 Å². The quantitative estimate of drug-likeness (QED) is 0.261. The zero-order valence-corrected chi connectivity index (χ0v) is 18.8. The van der Waals surface area contributed by atoms with E-state index in [1.165, 1.54) is 7.11 Å².